The number of ether oxygens (including phenoxy) is 1. The van der Waals surface area contributed by atoms with E-state index in [0.29, 0.717) is 24.2 Å². The highest BCUT2D eigenvalue weighted by Gasteiger charge is 2.34. The Labute approximate surface area is 282 Å². The Morgan fingerprint density at radius 2 is 1.85 bits per heavy atom. The molecule has 1 aliphatic carbocycles. The van der Waals surface area contributed by atoms with E-state index in [1.807, 2.05) is 55.1 Å². The average molecular weight is 646 g/mol. The largest absolute Gasteiger partial charge is 0.466 e. The third kappa shape index (κ3) is 6.12. The maximum absolute atomic E-state index is 16.6. The van der Waals surface area contributed by atoms with Crippen LogP contribution in [0.15, 0.2) is 85.1 Å². The smallest absolute Gasteiger partial charge is 0.309 e. The molecular weight excluding hydrogens is 601 g/mol. The molecule has 0 N–H and O–H groups in total. The molecule has 0 saturated heterocycles. The minimum Gasteiger partial charge on any atom is -0.466 e. The molecule has 0 bridgehead atoms. The molecule has 2 unspecified atom stereocenters. The molecule has 48 heavy (non-hydrogen) atoms. The van der Waals surface area contributed by atoms with Crippen molar-refractivity contribution in [2.45, 2.75) is 78.9 Å². The molecule has 0 spiro atoms. The number of esters is 1. The second kappa shape index (κ2) is 13.3. The predicted molar refractivity (Wildman–Crippen MR) is 190 cm³/mol. The van der Waals surface area contributed by atoms with Crippen molar-refractivity contribution in [1.29, 1.82) is 0 Å². The Hall–Kier alpha value is -4.85. The molecule has 0 saturated carbocycles. The predicted octanol–water partition coefficient (Wildman–Crippen LogP) is 9.21. The number of benzene rings is 2. The molecule has 7 nitrogen and oxygen atoms in total. The molecule has 5 aromatic rings. The second-order valence-corrected chi connectivity index (χ2v) is 13.2. The lowest BCUT2D eigenvalue weighted by atomic mass is 9.88. The van der Waals surface area contributed by atoms with Gasteiger partial charge in [0.15, 0.2) is 5.67 Å². The van der Waals surface area contributed by atoms with Gasteiger partial charge in [-0.3, -0.25) is 14.5 Å². The van der Waals surface area contributed by atoms with Crippen LogP contribution in [0.4, 0.5) is 4.39 Å². The molecule has 0 amide bonds. The van der Waals surface area contributed by atoms with Crippen LogP contribution >= 0.6 is 0 Å². The summed E-state index contributed by atoms with van der Waals surface area (Å²) < 4.78 is 25.5. The van der Waals surface area contributed by atoms with E-state index in [1.165, 1.54) is 0 Å². The fraction of sp³-hybridized carbons (Fsp3) is 0.350. The number of hydrogen-bond acceptors (Lipinski definition) is 5. The zero-order valence-electron chi connectivity index (χ0n) is 28.8. The fourth-order valence-corrected chi connectivity index (χ4v) is 6.91. The molecule has 3 aromatic heterocycles. The minimum absolute atomic E-state index is 0.0160. The van der Waals surface area contributed by atoms with Crippen LogP contribution in [0.25, 0.3) is 33.4 Å². The lowest BCUT2D eigenvalue weighted by molar-refractivity contribution is -0.148. The Balaban J connectivity index is 1.35. The number of halogens is 1. The van der Waals surface area contributed by atoms with E-state index >= 15 is 4.39 Å². The van der Waals surface area contributed by atoms with Gasteiger partial charge < -0.3 is 4.74 Å². The van der Waals surface area contributed by atoms with Crippen LogP contribution in [0.3, 0.4) is 0 Å². The molecule has 0 radical (unpaired) electrons. The summed E-state index contributed by atoms with van der Waals surface area (Å²) in [6.07, 6.45) is 6.28. The Morgan fingerprint density at radius 1 is 1.08 bits per heavy atom. The molecule has 8 heteroatoms. The summed E-state index contributed by atoms with van der Waals surface area (Å²) in [7, 11) is 0. The monoisotopic (exact) mass is 645 g/mol. The van der Waals surface area contributed by atoms with Gasteiger partial charge in [-0.05, 0) is 87.8 Å². The number of allylic oxidation sites excluding steroid dienone is 3. The molecule has 2 atom stereocenters. The van der Waals surface area contributed by atoms with Crippen LogP contribution in [0, 0.1) is 19.8 Å². The van der Waals surface area contributed by atoms with Crippen molar-refractivity contribution in [2.75, 3.05) is 6.61 Å². The SMILES string of the molecule is C=C(C)C(F)(Cn1cc2c(-c3nn(-c4ccc(C5=CCC(C(=O)OCC)CC5)nc4C)c(C)c3C(C)C)cccc2n1)c1ccccc1. The highest BCUT2D eigenvalue weighted by Crippen LogP contribution is 2.39. The van der Waals surface area contributed by atoms with Gasteiger partial charge >= 0.3 is 5.97 Å². The highest BCUT2D eigenvalue weighted by molar-refractivity contribution is 5.94. The summed E-state index contributed by atoms with van der Waals surface area (Å²) in [4.78, 5) is 17.2. The minimum atomic E-state index is -1.77. The first-order valence-electron chi connectivity index (χ1n) is 16.8. The average Bonchev–Trinajstić information content (AvgIpc) is 3.65. The zero-order valence-corrected chi connectivity index (χ0v) is 28.8. The van der Waals surface area contributed by atoms with Crippen molar-refractivity contribution in [3.63, 3.8) is 0 Å². The molecule has 1 aliphatic rings. The van der Waals surface area contributed by atoms with Crippen molar-refractivity contribution in [1.82, 2.24) is 24.5 Å². The van der Waals surface area contributed by atoms with Gasteiger partial charge in [0.2, 0.25) is 0 Å². The van der Waals surface area contributed by atoms with E-state index in [0.717, 1.165) is 68.9 Å². The second-order valence-electron chi connectivity index (χ2n) is 13.2. The first-order chi connectivity index (χ1) is 23.0. The molecule has 6 rings (SSSR count). The Bertz CT molecular complexity index is 2020. The lowest BCUT2D eigenvalue weighted by Crippen LogP contribution is -2.28. The molecule has 2 aromatic carbocycles. The van der Waals surface area contributed by atoms with E-state index in [1.54, 1.807) is 23.7 Å². The number of pyridine rings is 1. The van der Waals surface area contributed by atoms with Gasteiger partial charge in [-0.1, -0.05) is 69.0 Å². The van der Waals surface area contributed by atoms with Crippen LogP contribution in [0.5, 0.6) is 0 Å². The first kappa shape index (κ1) is 33.1. The summed E-state index contributed by atoms with van der Waals surface area (Å²) in [6.45, 7) is 16.5. The standard InChI is InChI=1S/C40H44FN5O2/c1-8-48-39(47)30-19-17-29(18-20-30)34-21-22-36(27(6)42-34)46-28(7)37(25(2)3)38(44-46)32-15-12-16-35-33(32)23-45(43-35)24-40(41,26(4)5)31-13-10-9-11-14-31/h9-17,21-23,25,30H,4,8,18-20,24H2,1-3,5-7H3. The molecule has 0 fully saturated rings. The van der Waals surface area contributed by atoms with E-state index in [-0.39, 0.29) is 24.3 Å². The van der Waals surface area contributed by atoms with Crippen LogP contribution < -0.4 is 0 Å². The van der Waals surface area contributed by atoms with E-state index in [2.05, 4.69) is 51.6 Å². The van der Waals surface area contributed by atoms with E-state index in [9.17, 15) is 4.79 Å². The summed E-state index contributed by atoms with van der Waals surface area (Å²) in [5, 5.41) is 10.9. The maximum atomic E-state index is 16.6. The fourth-order valence-electron chi connectivity index (χ4n) is 6.91. The summed E-state index contributed by atoms with van der Waals surface area (Å²) in [5.41, 5.74) is 7.90. The topological polar surface area (TPSA) is 74.8 Å². The van der Waals surface area contributed by atoms with Gasteiger partial charge in [0.1, 0.15) is 0 Å². The number of carbonyl (C=O) groups is 1. The Kier molecular flexibility index (Phi) is 9.19. The van der Waals surface area contributed by atoms with Gasteiger partial charge in [0.25, 0.3) is 0 Å². The number of alkyl halides is 1. The summed E-state index contributed by atoms with van der Waals surface area (Å²) in [5.74, 6) is 0.00171. The van der Waals surface area contributed by atoms with Crippen molar-refractivity contribution < 1.29 is 13.9 Å². The van der Waals surface area contributed by atoms with Crippen LogP contribution in [-0.4, -0.2) is 37.1 Å². The lowest BCUT2D eigenvalue weighted by Gasteiger charge is -2.26. The molecule has 3 heterocycles. The third-order valence-corrected chi connectivity index (χ3v) is 9.53. The number of nitrogens with zero attached hydrogens (tertiary/aromatic N) is 5. The zero-order chi connectivity index (χ0) is 34.2. The number of aromatic nitrogens is 5. The normalized spacial score (nSPS) is 16.2. The van der Waals surface area contributed by atoms with Gasteiger partial charge in [-0.2, -0.15) is 10.2 Å². The van der Waals surface area contributed by atoms with Crippen LogP contribution in [0.2, 0.25) is 0 Å². The van der Waals surface area contributed by atoms with Crippen molar-refractivity contribution >= 4 is 22.4 Å². The summed E-state index contributed by atoms with van der Waals surface area (Å²) in [6, 6.07) is 19.3. The molecule has 248 valence electrons. The van der Waals surface area contributed by atoms with Gasteiger partial charge in [0.05, 0.1) is 47.4 Å². The Morgan fingerprint density at radius 3 is 2.50 bits per heavy atom. The highest BCUT2D eigenvalue weighted by atomic mass is 19.1. The third-order valence-electron chi connectivity index (χ3n) is 9.53. The maximum Gasteiger partial charge on any atom is 0.309 e. The van der Waals surface area contributed by atoms with E-state index < -0.39 is 5.67 Å². The van der Waals surface area contributed by atoms with Crippen molar-refractivity contribution in [3.8, 4) is 16.9 Å². The molecule has 0 aliphatic heterocycles. The first-order valence-corrected chi connectivity index (χ1v) is 16.8. The van der Waals surface area contributed by atoms with Crippen molar-refractivity contribution in [2.24, 2.45) is 5.92 Å². The summed E-state index contributed by atoms with van der Waals surface area (Å²) >= 11 is 0. The number of hydrogen-bond donors (Lipinski definition) is 0. The van der Waals surface area contributed by atoms with E-state index in [4.69, 9.17) is 19.9 Å². The van der Waals surface area contributed by atoms with Crippen molar-refractivity contribution in [3.05, 3.63) is 113 Å². The number of aryl methyl sites for hydroxylation is 1. The quantitative estimate of drug-likeness (QED) is 0.112. The van der Waals surface area contributed by atoms with Gasteiger partial charge in [-0.15, -0.1) is 0 Å². The number of carbonyl (C=O) groups excluding carboxylic acids is 1. The van der Waals surface area contributed by atoms with Crippen LogP contribution in [0.1, 0.15) is 81.1 Å². The van der Waals surface area contributed by atoms with Gasteiger partial charge in [-0.25, -0.2) is 9.07 Å². The van der Waals surface area contributed by atoms with Gasteiger partial charge in [0, 0.05) is 28.4 Å². The van der Waals surface area contributed by atoms with Crippen LogP contribution in [-0.2, 0) is 21.7 Å². The number of rotatable bonds is 10. The molecular formula is C40H44FN5O2. The number of fused-ring (bicyclic) bond motifs is 1.